The van der Waals surface area contributed by atoms with Gasteiger partial charge >= 0.3 is 0 Å². The Morgan fingerprint density at radius 3 is 1.78 bits per heavy atom. The number of furan rings is 1. The first-order valence-corrected chi connectivity index (χ1v) is 20.7. The molecular weight excluding hydrogens is 795 g/mol. The average molecular weight is 840 g/mol. The molecule has 0 radical (unpaired) electrons. The molecule has 8 nitrogen and oxygen atoms in total. The van der Waals surface area contributed by atoms with Crippen molar-refractivity contribution in [2.75, 3.05) is 0 Å². The third kappa shape index (κ3) is 8.05. The number of nitrogens with zero attached hydrogens (tertiary/aromatic N) is 7. The van der Waals surface area contributed by atoms with E-state index in [1.54, 1.807) is 18.6 Å². The van der Waals surface area contributed by atoms with Crippen LogP contribution in [0.5, 0.6) is 0 Å². The van der Waals surface area contributed by atoms with E-state index >= 15 is 0 Å². The monoisotopic (exact) mass is 839 g/mol. The van der Waals surface area contributed by atoms with Crippen LogP contribution in [0.3, 0.4) is 0 Å². The molecule has 5 heterocycles. The van der Waals surface area contributed by atoms with E-state index in [4.69, 9.17) is 29.3 Å². The Hall–Kier alpha value is -7.88. The van der Waals surface area contributed by atoms with E-state index in [1.807, 2.05) is 74.3 Å². The fourth-order valence-corrected chi connectivity index (χ4v) is 7.77. The lowest BCUT2D eigenvalue weighted by atomic mass is 9.91. The van der Waals surface area contributed by atoms with Crippen molar-refractivity contribution in [1.29, 1.82) is 0 Å². The number of allylic oxidation sites excluding steroid dienone is 1. The van der Waals surface area contributed by atoms with Gasteiger partial charge in [0.25, 0.3) is 0 Å². The van der Waals surface area contributed by atoms with Crippen molar-refractivity contribution in [3.63, 3.8) is 0 Å². The summed E-state index contributed by atoms with van der Waals surface area (Å²) < 4.78 is 10.5. The van der Waals surface area contributed by atoms with Crippen molar-refractivity contribution in [3.8, 4) is 67.4 Å². The Kier molecular flexibility index (Phi) is 12.5. The Bertz CT molecular complexity index is 3240. The van der Waals surface area contributed by atoms with Crippen LogP contribution in [-0.4, -0.2) is 34.1 Å². The molecule has 5 aromatic heterocycles. The van der Waals surface area contributed by atoms with Crippen molar-refractivity contribution in [2.45, 2.75) is 20.8 Å². The number of rotatable bonds is 7. The summed E-state index contributed by atoms with van der Waals surface area (Å²) in [6.45, 7) is 9.25. The summed E-state index contributed by atoms with van der Waals surface area (Å²) in [5.74, 6) is 0.604. The lowest BCUT2D eigenvalue weighted by Gasteiger charge is -2.14. The van der Waals surface area contributed by atoms with Crippen LogP contribution >= 0.6 is 13.5 Å². The number of hydrogen-bond acceptors (Lipinski definition) is 6. The highest BCUT2D eigenvalue weighted by atomic mass is 32.1. The fraction of sp³-hybridized carbons (Fsp3) is 0.0556. The summed E-state index contributed by atoms with van der Waals surface area (Å²) in [7, 11) is 0. The van der Waals surface area contributed by atoms with Gasteiger partial charge in [-0.05, 0) is 71.1 Å². The van der Waals surface area contributed by atoms with E-state index in [-0.39, 0.29) is 13.5 Å². The minimum Gasteiger partial charge on any atom is -0.434 e. The van der Waals surface area contributed by atoms with Gasteiger partial charge in [0.2, 0.25) is 5.71 Å². The zero-order valence-electron chi connectivity index (χ0n) is 35.2. The van der Waals surface area contributed by atoms with Gasteiger partial charge in [0, 0.05) is 28.6 Å². The first kappa shape index (κ1) is 41.8. The molecule has 0 atom stereocenters. The molecule has 0 spiro atoms. The van der Waals surface area contributed by atoms with Crippen molar-refractivity contribution >= 4 is 46.9 Å². The molecule has 0 amide bonds. The van der Waals surface area contributed by atoms with Gasteiger partial charge in [0.1, 0.15) is 18.2 Å². The molecule has 0 aliphatic carbocycles. The molecule has 308 valence electrons. The quantitative estimate of drug-likeness (QED) is 0.149. The first-order chi connectivity index (χ1) is 30.7. The van der Waals surface area contributed by atoms with Crippen LogP contribution in [0.1, 0.15) is 20.8 Å². The molecule has 11 aromatic rings. The lowest BCUT2D eigenvalue weighted by Crippen LogP contribution is -1.96. The maximum atomic E-state index is 6.47. The Labute approximate surface area is 373 Å². The second kappa shape index (κ2) is 18.8. The molecule has 63 heavy (non-hydrogen) atoms. The van der Waals surface area contributed by atoms with Crippen LogP contribution in [0.25, 0.3) is 101 Å². The van der Waals surface area contributed by atoms with Gasteiger partial charge in [-0.3, -0.25) is 14.1 Å². The Morgan fingerprint density at radius 1 is 0.540 bits per heavy atom. The molecule has 0 bridgehead atoms. The van der Waals surface area contributed by atoms with E-state index in [0.29, 0.717) is 28.2 Å². The first-order valence-electron chi connectivity index (χ1n) is 20.7. The average Bonchev–Trinajstić information content (AvgIpc) is 4.07. The molecule has 0 saturated heterocycles. The summed E-state index contributed by atoms with van der Waals surface area (Å²) in [6, 6.07) is 56.1. The molecule has 0 N–H and O–H groups in total. The van der Waals surface area contributed by atoms with E-state index in [2.05, 4.69) is 139 Å². The standard InChI is InChI=1S/C49H31N7O.C3H6.C2H6.H2S/c1-4-13-32(14-5-1)38-21-11-22-39(33-15-6-2-7-16-33)44(38)48-51-29-43-46(54-48)47-49(57-43)56(31-53-47)37-24-25-41-42(28-37)55(30-52-41)36-20-10-19-35(27-36)45-40(23-12-26-50-45)34-17-8-3-9-18-34;1-3-2;1-2;/h1-31H;3H,1H2,2H3;1-2H3;1H2. The molecule has 9 heteroatoms. The maximum absolute atomic E-state index is 6.47. The summed E-state index contributed by atoms with van der Waals surface area (Å²) >= 11 is 0. The fourth-order valence-electron chi connectivity index (χ4n) is 7.77. The zero-order valence-corrected chi connectivity index (χ0v) is 36.2. The largest absolute Gasteiger partial charge is 0.434 e. The van der Waals surface area contributed by atoms with Gasteiger partial charge in [0.05, 0.1) is 28.6 Å². The van der Waals surface area contributed by atoms with Crippen LogP contribution in [-0.2, 0) is 0 Å². The summed E-state index contributed by atoms with van der Waals surface area (Å²) in [6.07, 6.45) is 9.01. The number of hydrogen-bond donors (Lipinski definition) is 0. The van der Waals surface area contributed by atoms with E-state index in [1.165, 1.54) is 0 Å². The van der Waals surface area contributed by atoms with Crippen LogP contribution < -0.4 is 0 Å². The van der Waals surface area contributed by atoms with Crippen molar-refractivity contribution < 1.29 is 4.42 Å². The summed E-state index contributed by atoms with van der Waals surface area (Å²) in [5, 5.41) is 0. The molecule has 0 unspecified atom stereocenters. The van der Waals surface area contributed by atoms with Gasteiger partial charge in [-0.25, -0.2) is 19.9 Å². The molecule has 0 aliphatic heterocycles. The molecule has 0 aliphatic rings. The molecule has 0 fully saturated rings. The van der Waals surface area contributed by atoms with E-state index < -0.39 is 0 Å². The third-order valence-electron chi connectivity index (χ3n) is 10.5. The van der Waals surface area contributed by atoms with Gasteiger partial charge in [-0.1, -0.05) is 147 Å². The van der Waals surface area contributed by atoms with Crippen molar-refractivity contribution in [3.05, 3.63) is 201 Å². The number of pyridine rings is 1. The second-order valence-electron chi connectivity index (χ2n) is 14.2. The minimum atomic E-state index is 0. The highest BCUT2D eigenvalue weighted by Gasteiger charge is 2.21. The molecule has 11 rings (SSSR count). The maximum Gasteiger partial charge on any atom is 0.234 e. The van der Waals surface area contributed by atoms with Gasteiger partial charge < -0.3 is 4.42 Å². The molecule has 0 saturated carbocycles. The second-order valence-corrected chi connectivity index (χ2v) is 14.2. The van der Waals surface area contributed by atoms with Crippen LogP contribution in [0.15, 0.2) is 206 Å². The molecule has 6 aromatic carbocycles. The Balaban J connectivity index is 0.000000872. The number of fused-ring (bicyclic) bond motifs is 4. The smallest absolute Gasteiger partial charge is 0.234 e. The SMILES string of the molecule is C=CC.CC.S.c1ccc(-c2cccnc2-c2cccc(-n3cnc4ccc(-n5cnc6c7nc(-c8c(-c9ccccc9)cccc8-c8ccccc8)ncc7oc65)cc43)c2)cc1. The van der Waals surface area contributed by atoms with E-state index in [0.717, 1.165) is 72.6 Å². The highest BCUT2D eigenvalue weighted by molar-refractivity contribution is 7.59. The van der Waals surface area contributed by atoms with Gasteiger partial charge in [-0.2, -0.15) is 13.5 Å². The van der Waals surface area contributed by atoms with E-state index in [9.17, 15) is 0 Å². The Morgan fingerprint density at radius 2 is 1.11 bits per heavy atom. The van der Waals surface area contributed by atoms with Crippen LogP contribution in [0, 0.1) is 0 Å². The van der Waals surface area contributed by atoms with Crippen molar-refractivity contribution in [2.24, 2.45) is 0 Å². The lowest BCUT2D eigenvalue weighted by molar-refractivity contribution is 0.640. The highest BCUT2D eigenvalue weighted by Crippen LogP contribution is 2.40. The van der Waals surface area contributed by atoms with Gasteiger partial charge in [-0.15, -0.1) is 6.58 Å². The number of imidazole rings is 2. The summed E-state index contributed by atoms with van der Waals surface area (Å²) in [4.78, 5) is 24.5. The zero-order chi connectivity index (χ0) is 42.4. The molecular formula is C54H45N7OS. The predicted molar refractivity (Wildman–Crippen MR) is 264 cm³/mol. The van der Waals surface area contributed by atoms with Crippen LogP contribution in [0.4, 0.5) is 0 Å². The number of aromatic nitrogens is 7. The van der Waals surface area contributed by atoms with Gasteiger partial charge in [0.15, 0.2) is 16.9 Å². The predicted octanol–water partition coefficient (Wildman–Crippen LogP) is 14.0. The van der Waals surface area contributed by atoms with Crippen LogP contribution in [0.2, 0.25) is 0 Å². The topological polar surface area (TPSA) is 87.5 Å². The van der Waals surface area contributed by atoms with Crippen molar-refractivity contribution in [1.82, 2.24) is 34.1 Å². The normalized spacial score (nSPS) is 10.7. The number of benzene rings is 6. The summed E-state index contributed by atoms with van der Waals surface area (Å²) in [5.41, 5.74) is 15.5. The third-order valence-corrected chi connectivity index (χ3v) is 10.5. The minimum absolute atomic E-state index is 0.